The van der Waals surface area contributed by atoms with Gasteiger partial charge in [0.2, 0.25) is 0 Å². The van der Waals surface area contributed by atoms with Crippen molar-refractivity contribution in [2.75, 3.05) is 36.0 Å². The maximum Gasteiger partial charge on any atom is 0.416 e. The van der Waals surface area contributed by atoms with Crippen LogP contribution in [0.3, 0.4) is 0 Å². The molecular weight excluding hydrogens is 514 g/mol. The van der Waals surface area contributed by atoms with Gasteiger partial charge in [0.05, 0.1) is 11.3 Å². The number of anilines is 3. The molecular formula is C27H27F4N7O. The summed E-state index contributed by atoms with van der Waals surface area (Å²) >= 11 is 0. The summed E-state index contributed by atoms with van der Waals surface area (Å²) in [5.41, 5.74) is 8.43. The zero-order valence-electron chi connectivity index (χ0n) is 20.9. The number of nitrogens with one attached hydrogen (secondary N) is 2. The van der Waals surface area contributed by atoms with Gasteiger partial charge in [-0.15, -0.1) is 0 Å². The standard InChI is InChI=1S/C27H27F4N7O/c28-21-10-7-19(27(29,30)31)14-22(21)36-26(39)35-20-8-5-17(6-9-20)23-18(4-3-13-37-11-1-2-12-37)15-38-24(23)25(32)33-16-34-38/h5-10,14-16H,1-4,11-13H2,(H2,32,33,34)(H2,35,36,39). The average Bonchev–Trinajstić information content (AvgIpc) is 3.54. The Morgan fingerprint density at radius 1 is 1.05 bits per heavy atom. The van der Waals surface area contributed by atoms with E-state index in [0.717, 1.165) is 49.2 Å². The van der Waals surface area contributed by atoms with Crippen molar-refractivity contribution < 1.29 is 22.4 Å². The molecule has 2 aromatic carbocycles. The lowest BCUT2D eigenvalue weighted by molar-refractivity contribution is -0.137. The Hall–Kier alpha value is -4.19. The first-order valence-electron chi connectivity index (χ1n) is 12.6. The quantitative estimate of drug-likeness (QED) is 0.257. The Balaban J connectivity index is 1.33. The molecule has 8 nitrogen and oxygen atoms in total. The summed E-state index contributed by atoms with van der Waals surface area (Å²) in [5, 5.41) is 8.96. The first-order valence-corrected chi connectivity index (χ1v) is 12.6. The van der Waals surface area contributed by atoms with Crippen molar-refractivity contribution in [1.82, 2.24) is 19.5 Å². The highest BCUT2D eigenvalue weighted by Gasteiger charge is 2.31. The Labute approximate surface area is 221 Å². The molecule has 4 N–H and O–H groups in total. The van der Waals surface area contributed by atoms with Gasteiger partial charge in [-0.1, -0.05) is 12.1 Å². The monoisotopic (exact) mass is 541 g/mol. The molecule has 1 fully saturated rings. The van der Waals surface area contributed by atoms with Crippen molar-refractivity contribution in [3.8, 4) is 11.1 Å². The number of aromatic nitrogens is 3. The van der Waals surface area contributed by atoms with Crippen LogP contribution in [0.2, 0.25) is 0 Å². The van der Waals surface area contributed by atoms with Crippen LogP contribution in [0.15, 0.2) is 55.0 Å². The molecule has 5 rings (SSSR count). The van der Waals surface area contributed by atoms with Gasteiger partial charge in [-0.05, 0) is 86.8 Å². The van der Waals surface area contributed by atoms with Gasteiger partial charge in [-0.2, -0.15) is 18.3 Å². The number of likely N-dealkylation sites (tertiary alicyclic amines) is 1. The predicted octanol–water partition coefficient (Wildman–Crippen LogP) is 5.81. The first-order chi connectivity index (χ1) is 18.7. The number of aryl methyl sites for hydroxylation is 1. The number of hydrogen-bond acceptors (Lipinski definition) is 5. The lowest BCUT2D eigenvalue weighted by Gasteiger charge is -2.14. The van der Waals surface area contributed by atoms with Crippen LogP contribution in [0.25, 0.3) is 16.6 Å². The smallest absolute Gasteiger partial charge is 0.382 e. The van der Waals surface area contributed by atoms with Crippen molar-refractivity contribution in [2.24, 2.45) is 0 Å². The van der Waals surface area contributed by atoms with Crippen molar-refractivity contribution >= 4 is 28.7 Å². The molecule has 0 bridgehead atoms. The number of hydrogen-bond donors (Lipinski definition) is 3. The molecule has 1 aliphatic rings. The van der Waals surface area contributed by atoms with Gasteiger partial charge in [-0.25, -0.2) is 18.7 Å². The average molecular weight is 542 g/mol. The fourth-order valence-corrected chi connectivity index (χ4v) is 4.90. The summed E-state index contributed by atoms with van der Waals surface area (Å²) in [6.07, 6.45) is 2.96. The third-order valence-corrected chi connectivity index (χ3v) is 6.77. The summed E-state index contributed by atoms with van der Waals surface area (Å²) in [5.74, 6) is -0.637. The second kappa shape index (κ2) is 10.9. The lowest BCUT2D eigenvalue weighted by Crippen LogP contribution is -2.20. The van der Waals surface area contributed by atoms with Crippen LogP contribution in [0.4, 0.5) is 39.5 Å². The molecule has 3 heterocycles. The van der Waals surface area contributed by atoms with E-state index >= 15 is 0 Å². The molecule has 39 heavy (non-hydrogen) atoms. The molecule has 1 aliphatic heterocycles. The number of amides is 2. The summed E-state index contributed by atoms with van der Waals surface area (Å²) in [6, 6.07) is 7.83. The van der Waals surface area contributed by atoms with Crippen LogP contribution < -0.4 is 16.4 Å². The van der Waals surface area contributed by atoms with E-state index in [9.17, 15) is 22.4 Å². The number of benzene rings is 2. The van der Waals surface area contributed by atoms with Crippen LogP contribution in [0.1, 0.15) is 30.4 Å². The minimum absolute atomic E-state index is 0.343. The zero-order valence-corrected chi connectivity index (χ0v) is 20.9. The van der Waals surface area contributed by atoms with Crippen LogP contribution in [0.5, 0.6) is 0 Å². The van der Waals surface area contributed by atoms with Crippen molar-refractivity contribution in [3.05, 3.63) is 71.9 Å². The Morgan fingerprint density at radius 3 is 2.51 bits per heavy atom. The first kappa shape index (κ1) is 26.4. The van der Waals surface area contributed by atoms with E-state index in [1.807, 2.05) is 6.20 Å². The van der Waals surface area contributed by atoms with Crippen molar-refractivity contribution in [1.29, 1.82) is 0 Å². The second-order valence-electron chi connectivity index (χ2n) is 9.47. The number of alkyl halides is 3. The Morgan fingerprint density at radius 2 is 1.79 bits per heavy atom. The molecule has 12 heteroatoms. The fraction of sp³-hybridized carbons (Fsp3) is 0.296. The number of rotatable bonds is 7. The van der Waals surface area contributed by atoms with Gasteiger partial charge in [0.15, 0.2) is 5.82 Å². The minimum atomic E-state index is -4.67. The molecule has 204 valence electrons. The lowest BCUT2D eigenvalue weighted by atomic mass is 9.99. The number of carbonyl (C=O) groups excluding carboxylic acids is 1. The third-order valence-electron chi connectivity index (χ3n) is 6.77. The highest BCUT2D eigenvalue weighted by atomic mass is 19.4. The van der Waals surface area contributed by atoms with Crippen LogP contribution in [0, 0.1) is 5.82 Å². The summed E-state index contributed by atoms with van der Waals surface area (Å²) < 4.78 is 54.6. The number of halogens is 4. The van der Waals surface area contributed by atoms with Gasteiger partial charge in [0.25, 0.3) is 0 Å². The van der Waals surface area contributed by atoms with Crippen LogP contribution in [-0.4, -0.2) is 45.2 Å². The Kier molecular flexibility index (Phi) is 7.38. The molecule has 2 aromatic heterocycles. The largest absolute Gasteiger partial charge is 0.416 e. The number of nitrogens with zero attached hydrogens (tertiary/aromatic N) is 4. The van der Waals surface area contributed by atoms with E-state index in [1.54, 1.807) is 28.8 Å². The molecule has 0 aliphatic carbocycles. The van der Waals surface area contributed by atoms with Gasteiger partial charge < -0.3 is 21.3 Å². The van der Waals surface area contributed by atoms with E-state index < -0.39 is 29.3 Å². The number of carbonyl (C=O) groups is 1. The highest BCUT2D eigenvalue weighted by Crippen LogP contribution is 2.34. The van der Waals surface area contributed by atoms with Gasteiger partial charge in [0.1, 0.15) is 17.7 Å². The maximum atomic E-state index is 14.0. The molecule has 1 saturated heterocycles. The van der Waals surface area contributed by atoms with E-state index in [0.29, 0.717) is 35.2 Å². The highest BCUT2D eigenvalue weighted by molar-refractivity contribution is 6.00. The normalized spacial score (nSPS) is 14.2. The van der Waals surface area contributed by atoms with Crippen LogP contribution >= 0.6 is 0 Å². The second-order valence-corrected chi connectivity index (χ2v) is 9.47. The molecule has 0 saturated carbocycles. The summed E-state index contributed by atoms with van der Waals surface area (Å²) in [7, 11) is 0. The maximum absolute atomic E-state index is 14.0. The molecule has 0 atom stereocenters. The van der Waals surface area contributed by atoms with Gasteiger partial charge in [0, 0.05) is 17.4 Å². The predicted molar refractivity (Wildman–Crippen MR) is 141 cm³/mol. The zero-order chi connectivity index (χ0) is 27.6. The summed E-state index contributed by atoms with van der Waals surface area (Å²) in [4.78, 5) is 19.0. The van der Waals surface area contributed by atoms with E-state index in [2.05, 4.69) is 25.6 Å². The van der Waals surface area contributed by atoms with E-state index in [-0.39, 0.29) is 0 Å². The Bertz CT molecular complexity index is 1480. The van der Waals surface area contributed by atoms with Crippen LogP contribution in [-0.2, 0) is 12.6 Å². The molecule has 4 aromatic rings. The van der Waals surface area contributed by atoms with Crippen molar-refractivity contribution in [2.45, 2.75) is 31.9 Å². The molecule has 2 amide bonds. The molecule has 0 unspecified atom stereocenters. The van der Waals surface area contributed by atoms with Crippen molar-refractivity contribution in [3.63, 3.8) is 0 Å². The molecule has 0 spiro atoms. The number of fused-ring (bicyclic) bond motifs is 1. The third kappa shape index (κ3) is 5.95. The number of nitrogens with two attached hydrogens (primary N) is 1. The minimum Gasteiger partial charge on any atom is -0.382 e. The number of urea groups is 1. The van der Waals surface area contributed by atoms with Gasteiger partial charge in [-0.3, -0.25) is 0 Å². The van der Waals surface area contributed by atoms with Gasteiger partial charge >= 0.3 is 12.2 Å². The fourth-order valence-electron chi connectivity index (χ4n) is 4.90. The number of nitrogen functional groups attached to an aromatic ring is 1. The van der Waals surface area contributed by atoms with E-state index in [1.165, 1.54) is 19.2 Å². The topological polar surface area (TPSA) is 101 Å². The summed E-state index contributed by atoms with van der Waals surface area (Å²) in [6.45, 7) is 3.27. The molecule has 0 radical (unpaired) electrons. The van der Waals surface area contributed by atoms with E-state index in [4.69, 9.17) is 5.73 Å². The SMILES string of the molecule is Nc1ncnn2cc(CCCN3CCCC3)c(-c3ccc(NC(=O)Nc4cc(C(F)(F)F)ccc4F)cc3)c12.